The minimum Gasteiger partial charge on any atom is -0.352 e. The average molecular weight is 463 g/mol. The highest BCUT2D eigenvalue weighted by Crippen LogP contribution is 2.26. The van der Waals surface area contributed by atoms with Crippen molar-refractivity contribution in [3.05, 3.63) is 100 Å². The van der Waals surface area contributed by atoms with Crippen LogP contribution in [0.5, 0.6) is 0 Å². The minimum atomic E-state index is -0.350. The summed E-state index contributed by atoms with van der Waals surface area (Å²) in [5, 5.41) is 6.19. The molecule has 3 aromatic carbocycles. The summed E-state index contributed by atoms with van der Waals surface area (Å²) in [6.45, 7) is 6.76. The van der Waals surface area contributed by atoms with Crippen LogP contribution in [0.4, 0.5) is 5.69 Å². The van der Waals surface area contributed by atoms with Gasteiger partial charge in [0.1, 0.15) is 0 Å². The van der Waals surface area contributed by atoms with Gasteiger partial charge in [-0.15, -0.1) is 0 Å². The first-order valence-corrected chi connectivity index (χ1v) is 11.7. The lowest BCUT2D eigenvalue weighted by Gasteiger charge is -2.15. The highest BCUT2D eigenvalue weighted by atomic mass is 35.5. The molecule has 0 aromatic heterocycles. The Morgan fingerprint density at radius 1 is 0.879 bits per heavy atom. The predicted molar refractivity (Wildman–Crippen MR) is 136 cm³/mol. The summed E-state index contributed by atoms with van der Waals surface area (Å²) in [4.78, 5) is 25.4. The molecule has 4 nitrogen and oxygen atoms in total. The van der Waals surface area contributed by atoms with Gasteiger partial charge in [0.15, 0.2) is 0 Å². The maximum atomic E-state index is 12.9. The fourth-order valence-electron chi connectivity index (χ4n) is 3.64. The third-order valence-electron chi connectivity index (χ3n) is 5.55. The summed E-state index contributed by atoms with van der Waals surface area (Å²) in [5.41, 5.74) is 4.24. The van der Waals surface area contributed by atoms with Crippen molar-refractivity contribution >= 4 is 29.1 Å². The van der Waals surface area contributed by atoms with Gasteiger partial charge < -0.3 is 10.6 Å². The van der Waals surface area contributed by atoms with E-state index in [9.17, 15) is 9.59 Å². The van der Waals surface area contributed by atoms with Crippen molar-refractivity contribution < 1.29 is 9.59 Å². The quantitative estimate of drug-likeness (QED) is 0.394. The molecule has 0 aliphatic rings. The van der Waals surface area contributed by atoms with E-state index in [1.54, 1.807) is 18.2 Å². The van der Waals surface area contributed by atoms with E-state index in [4.69, 9.17) is 11.6 Å². The van der Waals surface area contributed by atoms with E-state index < -0.39 is 0 Å². The number of hydrogen-bond acceptors (Lipinski definition) is 2. The lowest BCUT2D eigenvalue weighted by molar-refractivity contribution is -0.117. The Morgan fingerprint density at radius 3 is 2.24 bits per heavy atom. The average Bonchev–Trinajstić information content (AvgIpc) is 2.80. The Balaban J connectivity index is 1.61. The predicted octanol–water partition coefficient (Wildman–Crippen LogP) is 6.25. The van der Waals surface area contributed by atoms with E-state index in [1.807, 2.05) is 49.4 Å². The molecule has 3 aromatic rings. The van der Waals surface area contributed by atoms with E-state index in [0.29, 0.717) is 28.7 Å². The Labute approximate surface area is 201 Å². The van der Waals surface area contributed by atoms with Crippen LogP contribution in [0.25, 0.3) is 0 Å². The lowest BCUT2D eigenvalue weighted by atomic mass is 9.96. The SMILES string of the molecule is CC(C)Cc1ccc([C@@H](C)C(=O)Nc2cc(C(=O)NCCc3ccccc3)ccc2Cl)cc1. The zero-order valence-corrected chi connectivity index (χ0v) is 20.2. The molecule has 5 heteroatoms. The second-order valence-corrected chi connectivity index (χ2v) is 9.14. The smallest absolute Gasteiger partial charge is 0.251 e. The number of benzene rings is 3. The molecular formula is C28H31ClN2O2. The molecule has 33 heavy (non-hydrogen) atoms. The van der Waals surface area contributed by atoms with Crippen LogP contribution in [0.2, 0.25) is 5.02 Å². The molecule has 1 atom stereocenters. The van der Waals surface area contributed by atoms with Crippen LogP contribution in [0, 0.1) is 5.92 Å². The maximum absolute atomic E-state index is 12.9. The largest absolute Gasteiger partial charge is 0.352 e. The number of carbonyl (C=O) groups is 2. The zero-order chi connectivity index (χ0) is 23.8. The Bertz CT molecular complexity index is 1080. The van der Waals surface area contributed by atoms with Crippen molar-refractivity contribution in [1.82, 2.24) is 5.32 Å². The van der Waals surface area contributed by atoms with Gasteiger partial charge in [0.2, 0.25) is 5.91 Å². The van der Waals surface area contributed by atoms with Crippen LogP contribution in [0.3, 0.4) is 0 Å². The molecule has 0 heterocycles. The Morgan fingerprint density at radius 2 is 1.58 bits per heavy atom. The van der Waals surface area contributed by atoms with Crippen LogP contribution in [0.15, 0.2) is 72.8 Å². The summed E-state index contributed by atoms with van der Waals surface area (Å²) in [6.07, 6.45) is 1.76. The maximum Gasteiger partial charge on any atom is 0.251 e. The zero-order valence-electron chi connectivity index (χ0n) is 19.4. The summed E-state index contributed by atoms with van der Waals surface area (Å²) < 4.78 is 0. The van der Waals surface area contributed by atoms with Crippen LogP contribution < -0.4 is 10.6 Å². The van der Waals surface area contributed by atoms with E-state index in [0.717, 1.165) is 24.0 Å². The third kappa shape index (κ3) is 7.19. The molecule has 0 saturated carbocycles. The van der Waals surface area contributed by atoms with E-state index in [1.165, 1.54) is 5.56 Å². The van der Waals surface area contributed by atoms with Gasteiger partial charge in [-0.05, 0) is 60.6 Å². The number of nitrogens with one attached hydrogen (secondary N) is 2. The summed E-state index contributed by atoms with van der Waals surface area (Å²) in [5.74, 6) is -0.138. The van der Waals surface area contributed by atoms with Crippen molar-refractivity contribution in [2.45, 2.75) is 39.5 Å². The molecule has 2 N–H and O–H groups in total. The van der Waals surface area contributed by atoms with Gasteiger partial charge in [0.25, 0.3) is 5.91 Å². The normalized spacial score (nSPS) is 11.8. The number of carbonyl (C=O) groups excluding carboxylic acids is 2. The first-order valence-electron chi connectivity index (χ1n) is 11.3. The molecule has 172 valence electrons. The van der Waals surface area contributed by atoms with E-state index in [2.05, 4.69) is 36.6 Å². The molecule has 0 saturated heterocycles. The van der Waals surface area contributed by atoms with Gasteiger partial charge in [-0.2, -0.15) is 0 Å². The van der Waals surface area contributed by atoms with Gasteiger partial charge in [0.05, 0.1) is 16.6 Å². The van der Waals surface area contributed by atoms with Crippen molar-refractivity contribution in [3.63, 3.8) is 0 Å². The fraction of sp³-hybridized carbons (Fsp3) is 0.286. The summed E-state index contributed by atoms with van der Waals surface area (Å²) in [6, 6.07) is 23.0. The fourth-order valence-corrected chi connectivity index (χ4v) is 3.80. The highest BCUT2D eigenvalue weighted by Gasteiger charge is 2.18. The molecule has 0 spiro atoms. The molecule has 0 bridgehead atoms. The molecule has 3 rings (SSSR count). The molecule has 0 unspecified atom stereocenters. The molecule has 0 fully saturated rings. The number of halogens is 1. The Hall–Kier alpha value is -3.11. The van der Waals surface area contributed by atoms with Crippen molar-refractivity contribution in [2.24, 2.45) is 5.92 Å². The van der Waals surface area contributed by atoms with E-state index >= 15 is 0 Å². The van der Waals surface area contributed by atoms with Crippen LogP contribution >= 0.6 is 11.6 Å². The first kappa shape index (κ1) is 24.5. The minimum absolute atomic E-state index is 0.171. The number of rotatable bonds is 9. The van der Waals surface area contributed by atoms with Gasteiger partial charge in [-0.3, -0.25) is 9.59 Å². The number of anilines is 1. The second-order valence-electron chi connectivity index (χ2n) is 8.74. The van der Waals surface area contributed by atoms with Gasteiger partial charge in [-0.25, -0.2) is 0 Å². The van der Waals surface area contributed by atoms with Gasteiger partial charge in [-0.1, -0.05) is 80.0 Å². The van der Waals surface area contributed by atoms with Crippen molar-refractivity contribution in [1.29, 1.82) is 0 Å². The third-order valence-corrected chi connectivity index (χ3v) is 5.88. The number of amides is 2. The molecule has 0 aliphatic carbocycles. The van der Waals surface area contributed by atoms with Crippen molar-refractivity contribution in [2.75, 3.05) is 11.9 Å². The lowest BCUT2D eigenvalue weighted by Crippen LogP contribution is -2.26. The Kier molecular flexibility index (Phi) is 8.67. The molecule has 2 amide bonds. The number of hydrogen-bond donors (Lipinski definition) is 2. The van der Waals surface area contributed by atoms with Crippen LogP contribution in [-0.4, -0.2) is 18.4 Å². The topological polar surface area (TPSA) is 58.2 Å². The standard InChI is InChI=1S/C28H31ClN2O2/c1-19(2)17-22-9-11-23(12-10-22)20(3)27(32)31-26-18-24(13-14-25(26)29)28(33)30-16-15-21-7-5-4-6-8-21/h4-14,18-20H,15-17H2,1-3H3,(H,30,33)(H,31,32)/t20-/m1/s1. The molecule has 0 radical (unpaired) electrons. The first-order chi connectivity index (χ1) is 15.8. The molecule has 0 aliphatic heterocycles. The molecular weight excluding hydrogens is 432 g/mol. The van der Waals surface area contributed by atoms with Gasteiger partial charge in [0, 0.05) is 12.1 Å². The monoisotopic (exact) mass is 462 g/mol. The summed E-state index contributed by atoms with van der Waals surface area (Å²) >= 11 is 6.30. The van der Waals surface area contributed by atoms with E-state index in [-0.39, 0.29) is 17.7 Å². The van der Waals surface area contributed by atoms with Crippen LogP contribution in [0.1, 0.15) is 53.7 Å². The highest BCUT2D eigenvalue weighted by molar-refractivity contribution is 6.34. The van der Waals surface area contributed by atoms with Gasteiger partial charge >= 0.3 is 0 Å². The second kappa shape index (κ2) is 11.7. The van der Waals surface area contributed by atoms with Crippen molar-refractivity contribution in [3.8, 4) is 0 Å². The van der Waals surface area contributed by atoms with Crippen LogP contribution in [-0.2, 0) is 17.6 Å². The summed E-state index contributed by atoms with van der Waals surface area (Å²) in [7, 11) is 0.